The summed E-state index contributed by atoms with van der Waals surface area (Å²) in [6.07, 6.45) is 6.93. The molecule has 104 valence electrons. The Kier molecular flexibility index (Phi) is 5.50. The molecule has 0 saturated carbocycles. The van der Waals surface area contributed by atoms with Gasteiger partial charge in [0.2, 0.25) is 0 Å². The van der Waals surface area contributed by atoms with E-state index >= 15 is 0 Å². The summed E-state index contributed by atoms with van der Waals surface area (Å²) in [5.41, 5.74) is 1.15. The summed E-state index contributed by atoms with van der Waals surface area (Å²) >= 11 is 1.66. The number of rotatable bonds is 8. The summed E-state index contributed by atoms with van der Waals surface area (Å²) in [5, 5.41) is 10.9. The predicted octanol–water partition coefficient (Wildman–Crippen LogP) is 2.08. The molecule has 0 spiro atoms. The van der Waals surface area contributed by atoms with E-state index in [9.17, 15) is 0 Å². The van der Waals surface area contributed by atoms with E-state index in [4.69, 9.17) is 4.74 Å². The largest absolute Gasteiger partial charge is 0.383 e. The van der Waals surface area contributed by atoms with Gasteiger partial charge in [-0.05, 0) is 6.42 Å². The van der Waals surface area contributed by atoms with Crippen LogP contribution in [0.2, 0.25) is 0 Å². The molecule has 0 aliphatic carbocycles. The molecule has 2 rings (SSSR count). The van der Waals surface area contributed by atoms with Crippen molar-refractivity contribution in [2.75, 3.05) is 20.3 Å². The number of aromatic nitrogens is 3. The highest BCUT2D eigenvalue weighted by atomic mass is 32.1. The monoisotopic (exact) mass is 280 g/mol. The number of hydrogen-bond donors (Lipinski definition) is 1. The van der Waals surface area contributed by atoms with Crippen LogP contribution in [-0.2, 0) is 11.3 Å². The van der Waals surface area contributed by atoms with E-state index in [1.165, 1.54) is 0 Å². The van der Waals surface area contributed by atoms with Crippen LogP contribution in [0, 0.1) is 0 Å². The van der Waals surface area contributed by atoms with Crippen LogP contribution in [-0.4, -0.2) is 35.0 Å². The lowest BCUT2D eigenvalue weighted by Gasteiger charge is -2.14. The molecule has 0 aromatic carbocycles. The van der Waals surface area contributed by atoms with E-state index < -0.39 is 0 Å². The SMILES string of the molecule is CCCn1cc(C(NCCOC)c2nccs2)cn1. The Hall–Kier alpha value is -1.24. The zero-order valence-electron chi connectivity index (χ0n) is 11.4. The quantitative estimate of drug-likeness (QED) is 0.752. The molecule has 0 saturated heterocycles. The van der Waals surface area contributed by atoms with Crippen molar-refractivity contribution in [3.63, 3.8) is 0 Å². The third-order valence-corrected chi connectivity index (χ3v) is 3.63. The smallest absolute Gasteiger partial charge is 0.114 e. The van der Waals surface area contributed by atoms with Crippen LogP contribution >= 0.6 is 11.3 Å². The molecule has 1 unspecified atom stereocenters. The van der Waals surface area contributed by atoms with Crippen molar-refractivity contribution in [3.05, 3.63) is 34.5 Å². The summed E-state index contributed by atoms with van der Waals surface area (Å²) in [6, 6.07) is 0.0979. The fourth-order valence-corrected chi connectivity index (χ4v) is 2.65. The Morgan fingerprint density at radius 3 is 3.11 bits per heavy atom. The summed E-state index contributed by atoms with van der Waals surface area (Å²) in [4.78, 5) is 4.41. The minimum absolute atomic E-state index is 0.0979. The van der Waals surface area contributed by atoms with Crippen LogP contribution in [0.5, 0.6) is 0 Å². The first-order valence-electron chi connectivity index (χ1n) is 6.49. The van der Waals surface area contributed by atoms with Crippen LogP contribution in [0.1, 0.15) is 30.0 Å². The average molecular weight is 280 g/mol. The van der Waals surface area contributed by atoms with Crippen LogP contribution < -0.4 is 5.32 Å². The Bertz CT molecular complexity index is 469. The number of nitrogens with zero attached hydrogens (tertiary/aromatic N) is 3. The van der Waals surface area contributed by atoms with Gasteiger partial charge in [0, 0.05) is 43.5 Å². The van der Waals surface area contributed by atoms with E-state index in [2.05, 4.69) is 28.5 Å². The molecule has 0 fully saturated rings. The summed E-state index contributed by atoms with van der Waals surface area (Å²) in [5.74, 6) is 0. The molecule has 1 atom stereocenters. The van der Waals surface area contributed by atoms with Gasteiger partial charge in [-0.1, -0.05) is 6.92 Å². The summed E-state index contributed by atoms with van der Waals surface area (Å²) in [6.45, 7) is 4.57. The molecule has 19 heavy (non-hydrogen) atoms. The topological polar surface area (TPSA) is 52.0 Å². The number of thiazole rings is 1. The van der Waals surface area contributed by atoms with Gasteiger partial charge in [-0.15, -0.1) is 11.3 Å². The van der Waals surface area contributed by atoms with Crippen LogP contribution in [0.3, 0.4) is 0 Å². The van der Waals surface area contributed by atoms with E-state index in [-0.39, 0.29) is 6.04 Å². The zero-order valence-corrected chi connectivity index (χ0v) is 12.2. The Labute approximate surface area is 117 Å². The lowest BCUT2D eigenvalue weighted by molar-refractivity contribution is 0.197. The number of aryl methyl sites for hydroxylation is 1. The van der Waals surface area contributed by atoms with Crippen molar-refractivity contribution in [2.45, 2.75) is 25.9 Å². The van der Waals surface area contributed by atoms with Crippen molar-refractivity contribution >= 4 is 11.3 Å². The molecule has 2 aromatic heterocycles. The maximum atomic E-state index is 5.09. The average Bonchev–Trinajstić information content (AvgIpc) is 3.06. The van der Waals surface area contributed by atoms with Crippen molar-refractivity contribution in [2.24, 2.45) is 0 Å². The minimum atomic E-state index is 0.0979. The van der Waals surface area contributed by atoms with Gasteiger partial charge in [-0.2, -0.15) is 5.10 Å². The Morgan fingerprint density at radius 2 is 2.42 bits per heavy atom. The van der Waals surface area contributed by atoms with Gasteiger partial charge in [-0.3, -0.25) is 4.68 Å². The first-order chi connectivity index (χ1) is 9.35. The third kappa shape index (κ3) is 3.86. The number of hydrogen-bond acceptors (Lipinski definition) is 5. The van der Waals surface area contributed by atoms with Gasteiger partial charge < -0.3 is 10.1 Å². The lowest BCUT2D eigenvalue weighted by Crippen LogP contribution is -2.25. The predicted molar refractivity (Wildman–Crippen MR) is 76.4 cm³/mol. The van der Waals surface area contributed by atoms with Gasteiger partial charge in [0.25, 0.3) is 0 Å². The Balaban J connectivity index is 2.11. The third-order valence-electron chi connectivity index (χ3n) is 2.79. The van der Waals surface area contributed by atoms with E-state index in [1.54, 1.807) is 18.4 Å². The molecule has 0 radical (unpaired) electrons. The van der Waals surface area contributed by atoms with Crippen molar-refractivity contribution in [1.82, 2.24) is 20.1 Å². The molecule has 1 N–H and O–H groups in total. The zero-order chi connectivity index (χ0) is 13.5. The molecule has 5 nitrogen and oxygen atoms in total. The number of ether oxygens (including phenoxy) is 1. The van der Waals surface area contributed by atoms with Gasteiger partial charge in [-0.25, -0.2) is 4.98 Å². The molecule has 0 aliphatic heterocycles. The number of nitrogens with one attached hydrogen (secondary N) is 1. The fraction of sp³-hybridized carbons (Fsp3) is 0.538. The second-order valence-corrected chi connectivity index (χ2v) is 5.21. The van der Waals surface area contributed by atoms with E-state index in [1.807, 2.05) is 22.5 Å². The molecule has 6 heteroatoms. The molecule has 2 heterocycles. The fourth-order valence-electron chi connectivity index (χ4n) is 1.91. The van der Waals surface area contributed by atoms with Gasteiger partial charge in [0.1, 0.15) is 5.01 Å². The molecular weight excluding hydrogens is 260 g/mol. The standard InChI is InChI=1S/C13H20N4OS/c1-3-6-17-10-11(9-16-17)12(14-4-7-18-2)13-15-5-8-19-13/h5,8-10,12,14H,3-4,6-7H2,1-2H3. The van der Waals surface area contributed by atoms with Crippen LogP contribution in [0.25, 0.3) is 0 Å². The normalized spacial score (nSPS) is 12.7. The molecular formula is C13H20N4OS. The second-order valence-electron chi connectivity index (χ2n) is 4.29. The molecule has 0 aliphatic rings. The molecule has 0 amide bonds. The number of methoxy groups -OCH3 is 1. The lowest BCUT2D eigenvalue weighted by atomic mass is 10.1. The second kappa shape index (κ2) is 7.37. The van der Waals surface area contributed by atoms with Crippen LogP contribution in [0.15, 0.2) is 24.0 Å². The summed E-state index contributed by atoms with van der Waals surface area (Å²) in [7, 11) is 1.71. The molecule has 0 bridgehead atoms. The van der Waals surface area contributed by atoms with Crippen molar-refractivity contribution < 1.29 is 4.74 Å². The van der Waals surface area contributed by atoms with Gasteiger partial charge in [0.15, 0.2) is 0 Å². The Morgan fingerprint density at radius 1 is 1.53 bits per heavy atom. The highest BCUT2D eigenvalue weighted by molar-refractivity contribution is 7.09. The summed E-state index contributed by atoms with van der Waals surface area (Å²) < 4.78 is 7.07. The highest BCUT2D eigenvalue weighted by Crippen LogP contribution is 2.23. The maximum absolute atomic E-state index is 5.09. The van der Waals surface area contributed by atoms with Crippen LogP contribution in [0.4, 0.5) is 0 Å². The van der Waals surface area contributed by atoms with Gasteiger partial charge >= 0.3 is 0 Å². The minimum Gasteiger partial charge on any atom is -0.383 e. The first-order valence-corrected chi connectivity index (χ1v) is 7.37. The molecule has 2 aromatic rings. The highest BCUT2D eigenvalue weighted by Gasteiger charge is 2.17. The van der Waals surface area contributed by atoms with E-state index in [0.29, 0.717) is 6.61 Å². The van der Waals surface area contributed by atoms with E-state index in [0.717, 1.165) is 30.1 Å². The van der Waals surface area contributed by atoms with Gasteiger partial charge in [0.05, 0.1) is 18.8 Å². The maximum Gasteiger partial charge on any atom is 0.114 e. The van der Waals surface area contributed by atoms with Crippen molar-refractivity contribution in [1.29, 1.82) is 0 Å². The first kappa shape index (κ1) is 14.2. The van der Waals surface area contributed by atoms with Crippen molar-refractivity contribution in [3.8, 4) is 0 Å².